The van der Waals surface area contributed by atoms with Gasteiger partial charge in [-0.15, -0.1) is 0 Å². The number of aliphatic hydroxyl groups is 2. The van der Waals surface area contributed by atoms with Crippen LogP contribution in [0.2, 0.25) is 0 Å². The van der Waals surface area contributed by atoms with E-state index in [2.05, 4.69) is 5.32 Å². The molecule has 14 nitrogen and oxygen atoms in total. The first-order valence-corrected chi connectivity index (χ1v) is 13.6. The summed E-state index contributed by atoms with van der Waals surface area (Å²) in [5.41, 5.74) is 0.517. The van der Waals surface area contributed by atoms with Crippen LogP contribution in [0, 0.1) is 0 Å². The normalized spacial score (nSPS) is 19.3. The topological polar surface area (TPSA) is 204 Å². The Kier molecular flexibility index (Phi) is 19.8. The number of unbranched alkanes of at least 4 members (excludes halogenated alkanes) is 2. The number of benzene rings is 1. The predicted octanol–water partition coefficient (Wildman–Crippen LogP) is -3.51. The number of ether oxygens (including phenoxy) is 4. The Morgan fingerprint density at radius 2 is 1.79 bits per heavy atom. The molecule has 43 heavy (non-hydrogen) atoms. The fourth-order valence-corrected chi connectivity index (χ4v) is 4.17. The number of carbonyl (C=O) groups is 4. The molecule has 0 aliphatic carbocycles. The van der Waals surface area contributed by atoms with E-state index in [1.807, 2.05) is 0 Å². The van der Waals surface area contributed by atoms with Crippen LogP contribution in [0.15, 0.2) is 30.4 Å². The quantitative estimate of drug-likeness (QED) is 0.0749. The van der Waals surface area contributed by atoms with Crippen molar-refractivity contribution in [1.82, 2.24) is 10.2 Å². The molecule has 0 bridgehead atoms. The van der Waals surface area contributed by atoms with Crippen molar-refractivity contribution < 1.29 is 110 Å². The number of carboxylic acid groups (broad SMARTS) is 1. The first kappa shape index (κ1) is 39.1. The second-order valence-electron chi connectivity index (χ2n) is 9.35. The Morgan fingerprint density at radius 3 is 2.47 bits per heavy atom. The van der Waals surface area contributed by atoms with E-state index in [1.165, 1.54) is 17.1 Å². The molecule has 3 unspecified atom stereocenters. The SMILES string of the molecule is C[O-].O=C(CCCCCN1C(=O)C=CC1=O)NCCOCCOc1cc(OC2CC(O)CC(C(=O)O)O2)ccc1CO.[K+]. The van der Waals surface area contributed by atoms with Crippen molar-refractivity contribution in [2.24, 2.45) is 0 Å². The zero-order valence-corrected chi connectivity index (χ0v) is 27.7. The molecule has 2 heterocycles. The molecule has 0 spiro atoms. The van der Waals surface area contributed by atoms with Crippen LogP contribution in [-0.2, 0) is 35.3 Å². The van der Waals surface area contributed by atoms with Crippen LogP contribution >= 0.6 is 0 Å². The van der Waals surface area contributed by atoms with Gasteiger partial charge in [0.05, 0.1) is 25.9 Å². The molecule has 15 heteroatoms. The van der Waals surface area contributed by atoms with Crippen molar-refractivity contribution >= 4 is 23.7 Å². The average Bonchev–Trinajstić information content (AvgIpc) is 3.29. The van der Waals surface area contributed by atoms with E-state index in [0.29, 0.717) is 49.4 Å². The molecular formula is C28H39KN2O12. The van der Waals surface area contributed by atoms with Crippen molar-refractivity contribution in [3.8, 4) is 11.5 Å². The molecule has 1 aromatic carbocycles. The second-order valence-corrected chi connectivity index (χ2v) is 9.35. The molecule has 1 fully saturated rings. The molecule has 1 saturated heterocycles. The van der Waals surface area contributed by atoms with E-state index in [-0.39, 0.29) is 108 Å². The van der Waals surface area contributed by atoms with Crippen molar-refractivity contribution in [1.29, 1.82) is 0 Å². The number of nitrogens with zero attached hydrogens (tertiary/aromatic N) is 1. The Balaban J connectivity index is 0.00000302. The summed E-state index contributed by atoms with van der Waals surface area (Å²) in [6, 6.07) is 4.74. The summed E-state index contributed by atoms with van der Waals surface area (Å²) in [7, 11) is 0.750. The van der Waals surface area contributed by atoms with Crippen molar-refractivity contribution in [2.45, 2.75) is 63.6 Å². The third kappa shape index (κ3) is 14.2. The van der Waals surface area contributed by atoms with E-state index in [4.69, 9.17) is 29.2 Å². The van der Waals surface area contributed by atoms with Gasteiger partial charge in [0.2, 0.25) is 12.2 Å². The molecule has 1 aromatic rings. The smallest absolute Gasteiger partial charge is 0.857 e. The van der Waals surface area contributed by atoms with Gasteiger partial charge in [-0.25, -0.2) is 4.79 Å². The maximum Gasteiger partial charge on any atom is 1.00 e. The number of carbonyl (C=O) groups excluding carboxylic acids is 3. The van der Waals surface area contributed by atoms with Crippen LogP contribution in [-0.4, -0.2) is 102 Å². The Bertz CT molecular complexity index is 1050. The van der Waals surface area contributed by atoms with E-state index in [9.17, 15) is 29.4 Å². The standard InChI is InChI=1S/C27H36N2O11.CH3O.K/c30-17-18-5-6-20(39-26-15-19(31)14-22(40-26)27(35)36)16-21(18)38-13-12-37-11-9-28-23(32)4-2-1-3-10-29-24(33)7-8-25(29)34;1-2;/h5-8,16,19,22,26,30-31H,1-4,9-15,17H2,(H,28,32)(H,35,36);1H3;/q;-1;+1. The third-order valence-corrected chi connectivity index (χ3v) is 6.26. The number of hydrogen-bond acceptors (Lipinski definition) is 11. The van der Waals surface area contributed by atoms with Crippen LogP contribution in [0.5, 0.6) is 11.5 Å². The summed E-state index contributed by atoms with van der Waals surface area (Å²) >= 11 is 0. The number of hydrogen-bond donors (Lipinski definition) is 4. The van der Waals surface area contributed by atoms with Gasteiger partial charge in [-0.3, -0.25) is 19.3 Å². The Hall–Kier alpha value is -1.92. The maximum absolute atomic E-state index is 11.9. The Morgan fingerprint density at radius 1 is 1.07 bits per heavy atom. The Labute approximate surface area is 292 Å². The number of imide groups is 1. The number of carboxylic acids is 1. The minimum atomic E-state index is -1.17. The summed E-state index contributed by atoms with van der Waals surface area (Å²) in [5.74, 6) is -1.19. The van der Waals surface area contributed by atoms with Crippen LogP contribution in [0.25, 0.3) is 0 Å². The molecule has 0 saturated carbocycles. The van der Waals surface area contributed by atoms with E-state index >= 15 is 0 Å². The molecule has 0 aromatic heterocycles. The fraction of sp³-hybridized carbons (Fsp3) is 0.571. The first-order valence-electron chi connectivity index (χ1n) is 13.6. The maximum atomic E-state index is 11.9. The largest absolute Gasteiger partial charge is 1.00 e. The molecule has 3 amide bonds. The number of rotatable bonds is 17. The van der Waals surface area contributed by atoms with Crippen molar-refractivity contribution in [2.75, 3.05) is 40.0 Å². The zero-order chi connectivity index (χ0) is 30.9. The van der Waals surface area contributed by atoms with E-state index in [0.717, 1.165) is 13.5 Å². The molecule has 2 aliphatic heterocycles. The molecule has 3 atom stereocenters. The number of nitrogens with one attached hydrogen (secondary N) is 1. The first-order chi connectivity index (χ1) is 20.3. The summed E-state index contributed by atoms with van der Waals surface area (Å²) in [4.78, 5) is 47.3. The summed E-state index contributed by atoms with van der Waals surface area (Å²) in [6.07, 6.45) is 2.00. The monoisotopic (exact) mass is 634 g/mol. The van der Waals surface area contributed by atoms with Gasteiger partial charge in [-0.1, -0.05) is 6.42 Å². The van der Waals surface area contributed by atoms with Crippen LogP contribution < -0.4 is 71.3 Å². The molecule has 2 aliphatic rings. The van der Waals surface area contributed by atoms with E-state index < -0.39 is 24.5 Å². The van der Waals surface area contributed by atoms with Gasteiger partial charge >= 0.3 is 57.4 Å². The number of amides is 3. The van der Waals surface area contributed by atoms with Crippen molar-refractivity contribution in [3.63, 3.8) is 0 Å². The minimum absolute atomic E-state index is 0. The molecule has 3 rings (SSSR count). The number of aliphatic carboxylic acids is 1. The van der Waals surface area contributed by atoms with Crippen LogP contribution in [0.4, 0.5) is 0 Å². The van der Waals surface area contributed by atoms with Gasteiger partial charge in [0.15, 0.2) is 6.10 Å². The van der Waals surface area contributed by atoms with Gasteiger partial charge in [-0.05, 0) is 25.0 Å². The minimum Gasteiger partial charge on any atom is -0.857 e. The summed E-state index contributed by atoms with van der Waals surface area (Å²) in [5, 5.41) is 39.7. The van der Waals surface area contributed by atoms with Gasteiger partial charge in [0, 0.05) is 56.1 Å². The van der Waals surface area contributed by atoms with Gasteiger partial charge in [-0.2, -0.15) is 7.11 Å². The third-order valence-electron chi connectivity index (χ3n) is 6.26. The zero-order valence-electron chi connectivity index (χ0n) is 24.6. The summed E-state index contributed by atoms with van der Waals surface area (Å²) < 4.78 is 22.3. The summed E-state index contributed by atoms with van der Waals surface area (Å²) in [6.45, 7) is 1.09. The average molecular weight is 635 g/mol. The van der Waals surface area contributed by atoms with E-state index in [1.54, 1.807) is 18.2 Å². The van der Waals surface area contributed by atoms with Gasteiger partial charge < -0.3 is 44.7 Å². The molecule has 0 radical (unpaired) electrons. The van der Waals surface area contributed by atoms with Gasteiger partial charge in [0.1, 0.15) is 18.1 Å². The van der Waals surface area contributed by atoms with Crippen molar-refractivity contribution in [3.05, 3.63) is 35.9 Å². The van der Waals surface area contributed by atoms with Crippen LogP contribution in [0.3, 0.4) is 0 Å². The molecular weight excluding hydrogens is 595 g/mol. The predicted molar refractivity (Wildman–Crippen MR) is 144 cm³/mol. The fourth-order valence-electron chi connectivity index (χ4n) is 4.17. The van der Waals surface area contributed by atoms with Crippen LogP contribution in [0.1, 0.15) is 44.1 Å². The second kappa shape index (κ2) is 21.7. The number of aliphatic hydroxyl groups excluding tert-OH is 2. The molecule has 4 N–H and O–H groups in total. The molecule has 234 valence electrons. The van der Waals surface area contributed by atoms with Gasteiger partial charge in [0.25, 0.3) is 11.8 Å².